The third-order valence-electron chi connectivity index (χ3n) is 5.70. The van der Waals surface area contributed by atoms with Crippen molar-refractivity contribution in [1.29, 1.82) is 0 Å². The van der Waals surface area contributed by atoms with Crippen molar-refractivity contribution >= 4 is 23.2 Å². The van der Waals surface area contributed by atoms with Crippen LogP contribution in [0.5, 0.6) is 5.75 Å². The van der Waals surface area contributed by atoms with E-state index >= 15 is 0 Å². The lowest BCUT2D eigenvalue weighted by atomic mass is 10.0. The molecular formula is C32H37Cl2FN4O4. The van der Waals surface area contributed by atoms with Crippen LogP contribution < -0.4 is 15.9 Å². The lowest BCUT2D eigenvalue weighted by Crippen LogP contribution is -2.31. The Balaban J connectivity index is 0.000000993. The Morgan fingerprint density at radius 2 is 1.70 bits per heavy atom. The number of ether oxygens (including phenoxy) is 1. The second-order valence-electron chi connectivity index (χ2n) is 10.2. The molecule has 0 bridgehead atoms. The van der Waals surface area contributed by atoms with E-state index in [9.17, 15) is 19.1 Å². The highest BCUT2D eigenvalue weighted by atomic mass is 35.5. The molecule has 0 aliphatic rings. The van der Waals surface area contributed by atoms with Crippen LogP contribution in [0.1, 0.15) is 64.1 Å². The van der Waals surface area contributed by atoms with Gasteiger partial charge in [0, 0.05) is 42.0 Å². The molecule has 4 aromatic heterocycles. The molecule has 0 saturated heterocycles. The summed E-state index contributed by atoms with van der Waals surface area (Å²) in [5, 5.41) is 10.3. The zero-order valence-electron chi connectivity index (χ0n) is 25.6. The summed E-state index contributed by atoms with van der Waals surface area (Å²) in [4.78, 5) is 34.6. The van der Waals surface area contributed by atoms with Crippen molar-refractivity contribution in [2.24, 2.45) is 0 Å². The van der Waals surface area contributed by atoms with Crippen molar-refractivity contribution in [3.63, 3.8) is 0 Å². The summed E-state index contributed by atoms with van der Waals surface area (Å²) >= 11 is 12.1. The molecule has 0 fully saturated rings. The minimum Gasteiger partial charge on any atom is -0.485 e. The highest BCUT2D eigenvalue weighted by Crippen LogP contribution is 2.26. The first-order chi connectivity index (χ1) is 20.1. The number of hydrogen-bond donors (Lipinski definition) is 1. The molecule has 4 rings (SSSR count). The van der Waals surface area contributed by atoms with E-state index in [0.717, 1.165) is 6.07 Å². The van der Waals surface area contributed by atoms with Crippen LogP contribution in [0.2, 0.25) is 10.0 Å². The van der Waals surface area contributed by atoms with E-state index in [0.29, 0.717) is 16.9 Å². The SMILES string of the molecule is C=C(C)C.CC.Cc1cnc(-n2cccc(C(C)(C)O)c2=O)cc1-n1c(C)cc(OCc2ncc(Cl)cc2F)c(Cl)c1=O. The van der Waals surface area contributed by atoms with Gasteiger partial charge in [-0.3, -0.25) is 23.7 Å². The lowest BCUT2D eigenvalue weighted by molar-refractivity contribution is 0.0767. The molecule has 0 radical (unpaired) electrons. The number of hydrogen-bond acceptors (Lipinski definition) is 6. The predicted molar refractivity (Wildman–Crippen MR) is 171 cm³/mol. The Bertz CT molecular complexity index is 1720. The largest absolute Gasteiger partial charge is 0.485 e. The van der Waals surface area contributed by atoms with Gasteiger partial charge >= 0.3 is 0 Å². The second-order valence-corrected chi connectivity index (χ2v) is 11.0. The first-order valence-electron chi connectivity index (χ1n) is 13.5. The van der Waals surface area contributed by atoms with Crippen LogP contribution in [-0.4, -0.2) is 24.2 Å². The van der Waals surface area contributed by atoms with Gasteiger partial charge in [-0.2, -0.15) is 0 Å². The van der Waals surface area contributed by atoms with E-state index in [2.05, 4.69) is 16.5 Å². The molecule has 4 heterocycles. The van der Waals surface area contributed by atoms with Gasteiger partial charge in [-0.15, -0.1) is 6.58 Å². The minimum absolute atomic E-state index is 0.00986. The Kier molecular flexibility index (Phi) is 12.4. The summed E-state index contributed by atoms with van der Waals surface area (Å²) in [7, 11) is 0. The number of rotatable bonds is 6. The Morgan fingerprint density at radius 1 is 1.07 bits per heavy atom. The molecule has 1 N–H and O–H groups in total. The highest BCUT2D eigenvalue weighted by Gasteiger charge is 2.22. The van der Waals surface area contributed by atoms with Crippen LogP contribution in [0, 0.1) is 19.7 Å². The Morgan fingerprint density at radius 3 is 2.28 bits per heavy atom. The molecule has 0 aromatic carbocycles. The molecule has 0 atom stereocenters. The molecule has 0 unspecified atom stereocenters. The van der Waals surface area contributed by atoms with Crippen LogP contribution in [0.3, 0.4) is 0 Å². The second kappa shape index (κ2) is 15.1. The third-order valence-corrected chi connectivity index (χ3v) is 6.26. The van der Waals surface area contributed by atoms with Gasteiger partial charge in [0.05, 0.1) is 16.3 Å². The van der Waals surface area contributed by atoms with Crippen LogP contribution in [0.4, 0.5) is 4.39 Å². The number of pyridine rings is 4. The molecular weight excluding hydrogens is 594 g/mol. The van der Waals surface area contributed by atoms with Crippen LogP contribution in [-0.2, 0) is 12.2 Å². The Labute approximate surface area is 261 Å². The first kappa shape index (κ1) is 35.4. The molecule has 8 nitrogen and oxygen atoms in total. The van der Waals surface area contributed by atoms with Crippen molar-refractivity contribution in [2.45, 2.75) is 67.6 Å². The van der Waals surface area contributed by atoms with Crippen molar-refractivity contribution in [3.8, 4) is 17.3 Å². The molecule has 230 valence electrons. The monoisotopic (exact) mass is 630 g/mol. The van der Waals surface area contributed by atoms with Crippen molar-refractivity contribution in [3.05, 3.63) is 120 Å². The molecule has 0 aliphatic heterocycles. The minimum atomic E-state index is -1.35. The number of nitrogens with zero attached hydrogens (tertiary/aromatic N) is 4. The summed E-state index contributed by atoms with van der Waals surface area (Å²) < 4.78 is 22.3. The van der Waals surface area contributed by atoms with Crippen molar-refractivity contribution < 1.29 is 14.2 Å². The van der Waals surface area contributed by atoms with Crippen molar-refractivity contribution in [2.75, 3.05) is 0 Å². The van der Waals surface area contributed by atoms with E-state index < -0.39 is 22.5 Å². The molecule has 43 heavy (non-hydrogen) atoms. The quantitative estimate of drug-likeness (QED) is 0.225. The molecule has 0 aliphatic carbocycles. The fraction of sp³-hybridized carbons (Fsp3) is 0.312. The molecule has 0 saturated carbocycles. The fourth-order valence-corrected chi connectivity index (χ4v) is 4.13. The normalized spacial score (nSPS) is 10.7. The summed E-state index contributed by atoms with van der Waals surface area (Å²) in [6.45, 7) is 17.7. The predicted octanol–water partition coefficient (Wildman–Crippen LogP) is 7.26. The number of aryl methyl sites for hydroxylation is 2. The first-order valence-corrected chi connectivity index (χ1v) is 14.3. The summed E-state index contributed by atoms with van der Waals surface area (Å²) in [6, 6.07) is 7.44. The van der Waals surface area contributed by atoms with E-state index in [1.165, 1.54) is 47.1 Å². The number of halogens is 3. The lowest BCUT2D eigenvalue weighted by Gasteiger charge is -2.19. The average Bonchev–Trinajstić information content (AvgIpc) is 2.92. The van der Waals surface area contributed by atoms with Crippen LogP contribution >= 0.6 is 23.2 Å². The highest BCUT2D eigenvalue weighted by molar-refractivity contribution is 6.31. The van der Waals surface area contributed by atoms with Gasteiger partial charge in [-0.25, -0.2) is 9.37 Å². The van der Waals surface area contributed by atoms with E-state index in [4.69, 9.17) is 27.9 Å². The maximum Gasteiger partial charge on any atom is 0.277 e. The van der Waals surface area contributed by atoms with Crippen LogP contribution in [0.15, 0.2) is 70.7 Å². The smallest absolute Gasteiger partial charge is 0.277 e. The van der Waals surface area contributed by atoms with E-state index in [1.807, 2.05) is 27.7 Å². The summed E-state index contributed by atoms with van der Waals surface area (Å²) in [5.74, 6) is -0.321. The van der Waals surface area contributed by atoms with Gasteiger partial charge in [-0.05, 0) is 65.3 Å². The van der Waals surface area contributed by atoms with Gasteiger partial charge in [0.2, 0.25) is 0 Å². The van der Waals surface area contributed by atoms with Crippen LogP contribution in [0.25, 0.3) is 11.5 Å². The maximum absolute atomic E-state index is 14.1. The molecule has 11 heteroatoms. The van der Waals surface area contributed by atoms with E-state index in [1.54, 1.807) is 38.1 Å². The standard InChI is InChI=1S/C26H23Cl2FN4O4.C4H8.C2H6/c1-14-11-31-22(32-7-5-6-17(24(32)34)26(3,4)36)10-20(14)33-15(2)8-21(23(28)25(33)35)37-13-19-18(29)9-16(27)12-30-19;1-4(2)3;1-2/h5-12,36H,13H2,1-4H3;1H2,2-3H3;1-2H3. The summed E-state index contributed by atoms with van der Waals surface area (Å²) in [5.41, 5.74) is 0.593. The van der Waals surface area contributed by atoms with Gasteiger partial charge < -0.3 is 9.84 Å². The molecule has 0 amide bonds. The Hall–Kier alpha value is -3.79. The maximum atomic E-state index is 14.1. The number of aliphatic hydroxyl groups is 1. The molecule has 4 aromatic rings. The summed E-state index contributed by atoms with van der Waals surface area (Å²) in [6.07, 6.45) is 4.36. The zero-order valence-corrected chi connectivity index (χ0v) is 27.1. The van der Waals surface area contributed by atoms with E-state index in [-0.39, 0.29) is 39.5 Å². The topological polar surface area (TPSA) is 99.2 Å². The number of aromatic nitrogens is 4. The van der Waals surface area contributed by atoms with Gasteiger partial charge in [0.15, 0.2) is 0 Å². The van der Waals surface area contributed by atoms with Crippen molar-refractivity contribution in [1.82, 2.24) is 19.1 Å². The third kappa shape index (κ3) is 8.86. The van der Waals surface area contributed by atoms with Gasteiger partial charge in [0.25, 0.3) is 11.1 Å². The average molecular weight is 632 g/mol. The van der Waals surface area contributed by atoms with Gasteiger partial charge in [0.1, 0.15) is 34.7 Å². The molecule has 0 spiro atoms. The number of allylic oxidation sites excluding steroid dienone is 1. The van der Waals surface area contributed by atoms with Gasteiger partial charge in [-0.1, -0.05) is 42.6 Å². The zero-order chi connectivity index (χ0) is 32.6. The fourth-order valence-electron chi connectivity index (χ4n) is 3.80.